The highest BCUT2D eigenvalue weighted by molar-refractivity contribution is 6.30. The number of aromatic nitrogens is 1. The lowest BCUT2D eigenvalue weighted by molar-refractivity contribution is 0.102. The summed E-state index contributed by atoms with van der Waals surface area (Å²) in [6.45, 7) is 3.90. The molecule has 1 aliphatic rings. The summed E-state index contributed by atoms with van der Waals surface area (Å²) >= 11 is 5.79. The van der Waals surface area contributed by atoms with E-state index < -0.39 is 0 Å². The Balaban J connectivity index is 1.60. The molecular weight excluding hydrogens is 366 g/mol. The van der Waals surface area contributed by atoms with Crippen LogP contribution in [0.5, 0.6) is 0 Å². The fourth-order valence-corrected chi connectivity index (χ4v) is 3.22. The van der Waals surface area contributed by atoms with Gasteiger partial charge in [0.05, 0.1) is 5.02 Å². The summed E-state index contributed by atoms with van der Waals surface area (Å²) in [7, 11) is 2.04. The molecule has 0 bridgehead atoms. The van der Waals surface area contributed by atoms with Crippen LogP contribution in [0.3, 0.4) is 0 Å². The lowest BCUT2D eigenvalue weighted by atomic mass is 10.1. The predicted octanol–water partition coefficient (Wildman–Crippen LogP) is 3.06. The zero-order chi connectivity index (χ0) is 19.4. The summed E-state index contributed by atoms with van der Waals surface area (Å²) in [5.41, 5.74) is 0.960. The number of nitrogens with one attached hydrogen (secondary N) is 3. The second-order valence-electron chi connectivity index (χ2n) is 6.80. The maximum absolute atomic E-state index is 12.4. The molecule has 1 aromatic heterocycles. The van der Waals surface area contributed by atoms with E-state index in [1.807, 2.05) is 7.05 Å². The van der Waals surface area contributed by atoms with Crippen molar-refractivity contribution in [2.75, 3.05) is 30.8 Å². The fraction of sp³-hybridized carbons (Fsp3) is 0.316. The molecule has 3 amide bonds. The SMILES string of the molecule is CC1CN(C)CC1NC(=O)Nc1cccc(C(=O)Nc2ccc(Cl)cn2)c1. The molecule has 2 aromatic rings. The summed E-state index contributed by atoms with van der Waals surface area (Å²) in [4.78, 5) is 30.9. The van der Waals surface area contributed by atoms with Gasteiger partial charge >= 0.3 is 6.03 Å². The molecule has 0 saturated carbocycles. The Bertz CT molecular complexity index is 827. The summed E-state index contributed by atoms with van der Waals surface area (Å²) < 4.78 is 0. The molecule has 142 valence electrons. The third-order valence-electron chi connectivity index (χ3n) is 4.46. The van der Waals surface area contributed by atoms with Gasteiger partial charge in [0.15, 0.2) is 0 Å². The summed E-state index contributed by atoms with van der Waals surface area (Å²) in [6.07, 6.45) is 1.46. The number of hydrogen-bond acceptors (Lipinski definition) is 4. The molecule has 1 saturated heterocycles. The van der Waals surface area contributed by atoms with E-state index in [0.717, 1.165) is 13.1 Å². The van der Waals surface area contributed by atoms with Crippen molar-refractivity contribution in [2.45, 2.75) is 13.0 Å². The van der Waals surface area contributed by atoms with Crippen LogP contribution in [0, 0.1) is 5.92 Å². The Morgan fingerprint density at radius 2 is 2.00 bits per heavy atom. The van der Waals surface area contributed by atoms with Crippen LogP contribution in [0.1, 0.15) is 17.3 Å². The molecule has 2 unspecified atom stereocenters. The van der Waals surface area contributed by atoms with E-state index >= 15 is 0 Å². The first-order valence-corrected chi connectivity index (χ1v) is 9.07. The van der Waals surface area contributed by atoms with Gasteiger partial charge in [0.2, 0.25) is 0 Å². The number of anilines is 2. The molecule has 1 fully saturated rings. The van der Waals surface area contributed by atoms with Gasteiger partial charge in [-0.2, -0.15) is 0 Å². The highest BCUT2D eigenvalue weighted by Gasteiger charge is 2.28. The lowest BCUT2D eigenvalue weighted by Gasteiger charge is -2.17. The van der Waals surface area contributed by atoms with Crippen molar-refractivity contribution >= 4 is 35.0 Å². The van der Waals surface area contributed by atoms with Crippen LogP contribution in [0.15, 0.2) is 42.6 Å². The molecular formula is C19H22ClN5O2. The van der Waals surface area contributed by atoms with Gasteiger partial charge in [0, 0.05) is 36.6 Å². The maximum Gasteiger partial charge on any atom is 0.319 e. The van der Waals surface area contributed by atoms with Gasteiger partial charge in [0.1, 0.15) is 5.82 Å². The molecule has 3 N–H and O–H groups in total. The van der Waals surface area contributed by atoms with Crippen LogP contribution in [0.4, 0.5) is 16.3 Å². The Hall–Kier alpha value is -2.64. The van der Waals surface area contributed by atoms with Crippen LogP contribution >= 0.6 is 11.6 Å². The van der Waals surface area contributed by atoms with E-state index in [9.17, 15) is 9.59 Å². The number of likely N-dealkylation sites (tertiary alicyclic amines) is 1. The number of carbonyl (C=O) groups is 2. The van der Waals surface area contributed by atoms with Crippen molar-refractivity contribution in [3.8, 4) is 0 Å². The fourth-order valence-electron chi connectivity index (χ4n) is 3.11. The van der Waals surface area contributed by atoms with E-state index in [4.69, 9.17) is 11.6 Å². The van der Waals surface area contributed by atoms with Crippen molar-refractivity contribution in [3.05, 3.63) is 53.2 Å². The van der Waals surface area contributed by atoms with E-state index in [0.29, 0.717) is 28.0 Å². The van der Waals surface area contributed by atoms with Crippen LogP contribution in [0.25, 0.3) is 0 Å². The van der Waals surface area contributed by atoms with E-state index in [1.54, 1.807) is 36.4 Å². The van der Waals surface area contributed by atoms with Gasteiger partial charge in [-0.15, -0.1) is 0 Å². The number of pyridine rings is 1. The van der Waals surface area contributed by atoms with Gasteiger partial charge in [-0.05, 0) is 43.3 Å². The zero-order valence-corrected chi connectivity index (χ0v) is 16.0. The number of nitrogens with zero attached hydrogens (tertiary/aromatic N) is 2. The maximum atomic E-state index is 12.4. The average molecular weight is 388 g/mol. The van der Waals surface area contributed by atoms with Crippen molar-refractivity contribution < 1.29 is 9.59 Å². The number of rotatable bonds is 4. The van der Waals surface area contributed by atoms with Crippen molar-refractivity contribution in [3.63, 3.8) is 0 Å². The van der Waals surface area contributed by atoms with Crippen LogP contribution in [0.2, 0.25) is 5.02 Å². The number of carbonyl (C=O) groups excluding carboxylic acids is 2. The molecule has 0 spiro atoms. The van der Waals surface area contributed by atoms with Gasteiger partial charge in [-0.25, -0.2) is 9.78 Å². The standard InChI is InChI=1S/C19H22ClN5O2/c1-12-10-25(2)11-16(12)23-19(27)22-15-5-3-4-13(8-15)18(26)24-17-7-6-14(20)9-21-17/h3-9,12,16H,10-11H2,1-2H3,(H,21,24,26)(H2,22,23,27). The number of hydrogen-bond donors (Lipinski definition) is 3. The second-order valence-corrected chi connectivity index (χ2v) is 7.24. The number of urea groups is 1. The Morgan fingerprint density at radius 1 is 1.19 bits per heavy atom. The second kappa shape index (κ2) is 8.37. The summed E-state index contributed by atoms with van der Waals surface area (Å²) in [5, 5.41) is 8.96. The molecule has 3 rings (SSSR count). The summed E-state index contributed by atoms with van der Waals surface area (Å²) in [6, 6.07) is 9.84. The van der Waals surface area contributed by atoms with Gasteiger partial charge in [0.25, 0.3) is 5.91 Å². The minimum atomic E-state index is -0.320. The average Bonchev–Trinajstić information content (AvgIpc) is 2.94. The minimum absolute atomic E-state index is 0.109. The van der Waals surface area contributed by atoms with Crippen LogP contribution in [-0.4, -0.2) is 48.0 Å². The smallest absolute Gasteiger partial charge is 0.319 e. The molecule has 0 aliphatic carbocycles. The number of benzene rings is 1. The van der Waals surface area contributed by atoms with Gasteiger partial charge < -0.3 is 20.9 Å². The third-order valence-corrected chi connectivity index (χ3v) is 4.69. The van der Waals surface area contributed by atoms with Gasteiger partial charge in [-0.3, -0.25) is 4.79 Å². The monoisotopic (exact) mass is 387 g/mol. The van der Waals surface area contributed by atoms with E-state index in [-0.39, 0.29) is 18.0 Å². The molecule has 1 aromatic carbocycles. The number of amides is 3. The van der Waals surface area contributed by atoms with Crippen molar-refractivity contribution in [1.29, 1.82) is 0 Å². The Morgan fingerprint density at radius 3 is 2.67 bits per heavy atom. The molecule has 2 heterocycles. The molecule has 2 atom stereocenters. The Labute approximate surface area is 163 Å². The first-order chi connectivity index (χ1) is 12.9. The number of halogens is 1. The zero-order valence-electron chi connectivity index (χ0n) is 15.2. The topological polar surface area (TPSA) is 86.4 Å². The van der Waals surface area contributed by atoms with Gasteiger partial charge in [-0.1, -0.05) is 24.6 Å². The Kier molecular flexibility index (Phi) is 5.93. The first-order valence-electron chi connectivity index (χ1n) is 8.70. The normalized spacial score (nSPS) is 19.5. The molecule has 1 aliphatic heterocycles. The van der Waals surface area contributed by atoms with Crippen LogP contribution in [-0.2, 0) is 0 Å². The lowest BCUT2D eigenvalue weighted by Crippen LogP contribution is -2.42. The highest BCUT2D eigenvalue weighted by atomic mass is 35.5. The molecule has 0 radical (unpaired) electrons. The first kappa shape index (κ1) is 19.1. The number of likely N-dealkylation sites (N-methyl/N-ethyl adjacent to an activating group) is 1. The largest absolute Gasteiger partial charge is 0.334 e. The quantitative estimate of drug-likeness (QED) is 0.752. The van der Waals surface area contributed by atoms with Crippen molar-refractivity contribution in [1.82, 2.24) is 15.2 Å². The molecule has 8 heteroatoms. The van der Waals surface area contributed by atoms with E-state index in [2.05, 4.69) is 32.8 Å². The van der Waals surface area contributed by atoms with Crippen molar-refractivity contribution in [2.24, 2.45) is 5.92 Å². The molecule has 7 nitrogen and oxygen atoms in total. The third kappa shape index (κ3) is 5.18. The highest BCUT2D eigenvalue weighted by Crippen LogP contribution is 2.16. The van der Waals surface area contributed by atoms with E-state index in [1.165, 1.54) is 6.20 Å². The summed E-state index contributed by atoms with van der Waals surface area (Å²) in [5.74, 6) is 0.476. The molecule has 27 heavy (non-hydrogen) atoms. The minimum Gasteiger partial charge on any atom is -0.334 e. The van der Waals surface area contributed by atoms with Crippen LogP contribution < -0.4 is 16.0 Å². The predicted molar refractivity (Wildman–Crippen MR) is 106 cm³/mol.